The number of ether oxygens (including phenoxy) is 2. The van der Waals surface area contributed by atoms with Gasteiger partial charge >= 0.3 is 6.01 Å². The lowest BCUT2D eigenvalue weighted by Gasteiger charge is -2.09. The van der Waals surface area contributed by atoms with Gasteiger partial charge in [0, 0.05) is 6.07 Å². The molecule has 12 nitrogen and oxygen atoms in total. The summed E-state index contributed by atoms with van der Waals surface area (Å²) in [5.74, 6) is 0.117. The average Bonchev–Trinajstić information content (AvgIpc) is 3.15. The average molecular weight is 496 g/mol. The van der Waals surface area contributed by atoms with Crippen LogP contribution in [0.15, 0.2) is 80.6 Å². The molecule has 0 spiro atoms. The number of methoxy groups -OCH3 is 2. The maximum absolute atomic E-state index is 12.8. The molecule has 2 aromatic heterocycles. The molecule has 2 aromatic carbocycles. The molecule has 4 rings (SSSR count). The summed E-state index contributed by atoms with van der Waals surface area (Å²) < 4.78 is 39.2. The van der Waals surface area contributed by atoms with E-state index in [1.54, 1.807) is 19.1 Å². The third-order valence-corrected chi connectivity index (χ3v) is 6.15. The maximum atomic E-state index is 12.8. The van der Waals surface area contributed by atoms with Crippen LogP contribution in [0.4, 0.5) is 17.2 Å². The summed E-state index contributed by atoms with van der Waals surface area (Å²) in [7, 11) is -1.23. The number of aryl methyl sites for hydroxylation is 1. The van der Waals surface area contributed by atoms with Crippen molar-refractivity contribution in [1.29, 1.82) is 0 Å². The van der Waals surface area contributed by atoms with Crippen LogP contribution in [0.25, 0.3) is 5.69 Å². The van der Waals surface area contributed by atoms with Crippen LogP contribution in [0, 0.1) is 6.92 Å². The van der Waals surface area contributed by atoms with Crippen molar-refractivity contribution in [1.82, 2.24) is 19.7 Å². The first-order chi connectivity index (χ1) is 16.8. The Hall–Kier alpha value is -4.52. The molecule has 35 heavy (non-hydrogen) atoms. The van der Waals surface area contributed by atoms with E-state index < -0.39 is 10.0 Å². The van der Waals surface area contributed by atoms with Crippen LogP contribution in [0.1, 0.15) is 5.69 Å². The number of hydrogen-bond donors (Lipinski definition) is 2. The summed E-state index contributed by atoms with van der Waals surface area (Å²) in [5, 5.41) is 11.1. The Morgan fingerprint density at radius 1 is 0.971 bits per heavy atom. The molecule has 2 N–H and O–H groups in total. The Bertz CT molecular complexity index is 1510. The third kappa shape index (κ3) is 5.19. The molecular weight excluding hydrogens is 474 g/mol. The van der Waals surface area contributed by atoms with Gasteiger partial charge in [-0.25, -0.2) is 13.1 Å². The molecule has 0 amide bonds. The highest BCUT2D eigenvalue weighted by Gasteiger charge is 2.17. The molecule has 4 aromatic rings. The second-order valence-corrected chi connectivity index (χ2v) is 8.83. The largest absolute Gasteiger partial charge is 0.481 e. The first-order valence-corrected chi connectivity index (χ1v) is 11.7. The minimum Gasteiger partial charge on any atom is -0.481 e. The van der Waals surface area contributed by atoms with Gasteiger partial charge in [0.1, 0.15) is 0 Å². The molecule has 0 atom stereocenters. The lowest BCUT2D eigenvalue weighted by molar-refractivity contribution is 0.353. The third-order valence-electron chi connectivity index (χ3n) is 4.78. The molecular formula is C22H21N7O5S. The Morgan fingerprint density at radius 3 is 2.34 bits per heavy atom. The molecule has 0 aliphatic carbocycles. The number of rotatable bonds is 8. The number of anilines is 1. The van der Waals surface area contributed by atoms with Gasteiger partial charge in [-0.3, -0.25) is 14.6 Å². The normalized spacial score (nSPS) is 11.5. The highest BCUT2D eigenvalue weighted by molar-refractivity contribution is 7.92. The van der Waals surface area contributed by atoms with Crippen molar-refractivity contribution in [2.45, 2.75) is 11.8 Å². The van der Waals surface area contributed by atoms with Gasteiger partial charge in [0.2, 0.25) is 5.88 Å². The van der Waals surface area contributed by atoms with Crippen LogP contribution < -0.4 is 19.8 Å². The zero-order chi connectivity index (χ0) is 25.0. The van der Waals surface area contributed by atoms with Crippen LogP contribution in [0.3, 0.4) is 0 Å². The molecule has 0 radical (unpaired) electrons. The van der Waals surface area contributed by atoms with E-state index in [0.717, 1.165) is 0 Å². The van der Waals surface area contributed by atoms with Gasteiger partial charge in [-0.05, 0) is 43.3 Å². The fourth-order valence-electron chi connectivity index (χ4n) is 3.06. The van der Waals surface area contributed by atoms with Crippen molar-refractivity contribution in [2.75, 3.05) is 18.9 Å². The Labute approximate surface area is 200 Å². The van der Waals surface area contributed by atoms with Gasteiger partial charge < -0.3 is 9.47 Å². The van der Waals surface area contributed by atoms with Crippen LogP contribution in [0.5, 0.6) is 11.9 Å². The molecule has 0 unspecified atom stereocenters. The quantitative estimate of drug-likeness (QED) is 0.355. The second-order valence-electron chi connectivity index (χ2n) is 7.14. The number of sulfonamides is 1. The monoisotopic (exact) mass is 495 g/mol. The predicted octanol–water partition coefficient (Wildman–Crippen LogP) is 3.50. The minimum atomic E-state index is -3.97. The van der Waals surface area contributed by atoms with Gasteiger partial charge in [0.05, 0.1) is 36.2 Å². The van der Waals surface area contributed by atoms with Crippen molar-refractivity contribution in [2.24, 2.45) is 10.2 Å². The Morgan fingerprint density at radius 2 is 1.69 bits per heavy atom. The zero-order valence-electron chi connectivity index (χ0n) is 19.0. The van der Waals surface area contributed by atoms with E-state index in [1.807, 2.05) is 18.2 Å². The number of aromatic amines is 1. The zero-order valence-corrected chi connectivity index (χ0v) is 19.8. The van der Waals surface area contributed by atoms with E-state index >= 15 is 0 Å². The summed E-state index contributed by atoms with van der Waals surface area (Å²) in [6.07, 6.45) is 0. The number of nitrogens with one attached hydrogen (secondary N) is 2. The summed E-state index contributed by atoms with van der Waals surface area (Å²) in [6, 6.07) is 16.0. The second kappa shape index (κ2) is 9.77. The van der Waals surface area contributed by atoms with Crippen molar-refractivity contribution >= 4 is 27.2 Å². The van der Waals surface area contributed by atoms with Crippen LogP contribution in [-0.2, 0) is 10.0 Å². The highest BCUT2D eigenvalue weighted by Crippen LogP contribution is 2.23. The van der Waals surface area contributed by atoms with E-state index in [9.17, 15) is 13.2 Å². The van der Waals surface area contributed by atoms with Crippen LogP contribution in [0.2, 0.25) is 0 Å². The number of benzene rings is 2. The summed E-state index contributed by atoms with van der Waals surface area (Å²) in [6.45, 7) is 1.72. The fraction of sp³-hybridized carbons (Fsp3) is 0.136. The number of hydrogen-bond acceptors (Lipinski definition) is 9. The standard InChI is InChI=1S/C22H21N7O5S/c1-14-20(21(30)29(27-14)16-7-5-4-6-8-16)26-25-15-9-11-17(12-10-15)35(31,32)28-18-13-19(33-2)24-22(23-18)34-3/h4-13,27H,1-3H3,(H,23,24,28). The molecule has 0 saturated carbocycles. The predicted molar refractivity (Wildman–Crippen MR) is 128 cm³/mol. The van der Waals surface area contributed by atoms with E-state index in [2.05, 4.69) is 30.0 Å². The summed E-state index contributed by atoms with van der Waals surface area (Å²) in [4.78, 5) is 20.6. The number of para-hydroxylation sites is 1. The molecule has 0 saturated heterocycles. The molecule has 0 fully saturated rings. The van der Waals surface area contributed by atoms with Crippen molar-refractivity contribution in [3.63, 3.8) is 0 Å². The van der Waals surface area contributed by atoms with Gasteiger partial charge in [0.25, 0.3) is 15.6 Å². The number of H-pyrrole nitrogens is 1. The summed E-state index contributed by atoms with van der Waals surface area (Å²) in [5.41, 5.74) is 1.38. The SMILES string of the molecule is COc1cc(NS(=O)(=O)c2ccc(N=Nc3c(C)[nH]n(-c4ccccc4)c3=O)cc2)nc(OC)n1. The summed E-state index contributed by atoms with van der Waals surface area (Å²) >= 11 is 0. The van der Waals surface area contributed by atoms with Crippen molar-refractivity contribution in [3.05, 3.63) is 76.7 Å². The van der Waals surface area contributed by atoms with Crippen LogP contribution in [-0.4, -0.2) is 42.4 Å². The topological polar surface area (TPSA) is 153 Å². The minimum absolute atomic E-state index is 0.0184. The van der Waals surface area contributed by atoms with Gasteiger partial charge in [-0.2, -0.15) is 15.1 Å². The number of aromatic nitrogens is 4. The van der Waals surface area contributed by atoms with Gasteiger partial charge in [0.15, 0.2) is 11.5 Å². The van der Waals surface area contributed by atoms with E-state index in [1.165, 1.54) is 49.2 Å². The van der Waals surface area contributed by atoms with Crippen LogP contribution >= 0.6 is 0 Å². The molecule has 0 aliphatic heterocycles. The molecule has 0 bridgehead atoms. The molecule has 180 valence electrons. The lowest BCUT2D eigenvalue weighted by Crippen LogP contribution is -2.14. The van der Waals surface area contributed by atoms with Gasteiger partial charge in [-0.1, -0.05) is 18.2 Å². The lowest BCUT2D eigenvalue weighted by atomic mass is 10.3. The molecule has 0 aliphatic rings. The van der Waals surface area contributed by atoms with Crippen molar-refractivity contribution in [3.8, 4) is 17.6 Å². The number of nitrogens with zero attached hydrogens (tertiary/aromatic N) is 5. The van der Waals surface area contributed by atoms with E-state index in [4.69, 9.17) is 9.47 Å². The first-order valence-electron chi connectivity index (χ1n) is 10.2. The molecule has 2 heterocycles. The highest BCUT2D eigenvalue weighted by atomic mass is 32.2. The number of azo groups is 1. The fourth-order valence-corrected chi connectivity index (χ4v) is 4.05. The van der Waals surface area contributed by atoms with Crippen molar-refractivity contribution < 1.29 is 17.9 Å². The first kappa shape index (κ1) is 23.6. The van der Waals surface area contributed by atoms with E-state index in [0.29, 0.717) is 17.1 Å². The van der Waals surface area contributed by atoms with E-state index in [-0.39, 0.29) is 33.9 Å². The van der Waals surface area contributed by atoms with Gasteiger partial charge in [-0.15, -0.1) is 5.11 Å². The molecule has 13 heteroatoms. The maximum Gasteiger partial charge on any atom is 0.321 e. The Kier molecular flexibility index (Phi) is 6.59. The smallest absolute Gasteiger partial charge is 0.321 e. The Balaban J connectivity index is 1.54.